The van der Waals surface area contributed by atoms with E-state index in [0.29, 0.717) is 17.0 Å². The summed E-state index contributed by atoms with van der Waals surface area (Å²) in [5.41, 5.74) is 6.74. The van der Waals surface area contributed by atoms with Gasteiger partial charge in [-0.25, -0.2) is 4.79 Å². The largest absolute Gasteiger partial charge is 0.495 e. The first-order valence-electron chi connectivity index (χ1n) is 6.85. The number of nitrogen functional groups attached to an aromatic ring is 1. The normalized spacial score (nSPS) is 16.7. The molecule has 0 bridgehead atoms. The number of methoxy groups -OCH3 is 1. The SMILES string of the molecule is COc1ccc(C(=O)OC2CCCCCC2)cc1N. The molecule has 0 aromatic heterocycles. The van der Waals surface area contributed by atoms with E-state index in [2.05, 4.69) is 0 Å². The van der Waals surface area contributed by atoms with Crippen molar-refractivity contribution in [3.63, 3.8) is 0 Å². The molecule has 2 rings (SSSR count). The number of ether oxygens (including phenoxy) is 2. The molecule has 1 aliphatic carbocycles. The highest BCUT2D eigenvalue weighted by molar-refractivity contribution is 5.91. The van der Waals surface area contributed by atoms with E-state index in [1.54, 1.807) is 25.3 Å². The molecule has 0 heterocycles. The standard InChI is InChI=1S/C15H21NO3/c1-18-14-9-8-11(10-13(14)16)15(17)19-12-6-4-2-3-5-7-12/h8-10,12H,2-7,16H2,1H3. The van der Waals surface area contributed by atoms with E-state index >= 15 is 0 Å². The van der Waals surface area contributed by atoms with Crippen molar-refractivity contribution in [1.29, 1.82) is 0 Å². The molecule has 19 heavy (non-hydrogen) atoms. The quantitative estimate of drug-likeness (QED) is 0.517. The van der Waals surface area contributed by atoms with Gasteiger partial charge in [-0.15, -0.1) is 0 Å². The minimum atomic E-state index is -0.291. The molecule has 0 aliphatic heterocycles. The summed E-state index contributed by atoms with van der Waals surface area (Å²) in [7, 11) is 1.55. The summed E-state index contributed by atoms with van der Waals surface area (Å²) in [6.07, 6.45) is 6.76. The van der Waals surface area contributed by atoms with E-state index in [1.807, 2.05) is 0 Å². The lowest BCUT2D eigenvalue weighted by Gasteiger charge is -2.15. The van der Waals surface area contributed by atoms with Crippen LogP contribution in [0, 0.1) is 0 Å². The molecule has 0 amide bonds. The summed E-state index contributed by atoms with van der Waals surface area (Å²) >= 11 is 0. The monoisotopic (exact) mass is 263 g/mol. The van der Waals surface area contributed by atoms with Crippen LogP contribution >= 0.6 is 0 Å². The Morgan fingerprint density at radius 1 is 1.21 bits per heavy atom. The molecule has 104 valence electrons. The van der Waals surface area contributed by atoms with Crippen molar-refractivity contribution in [2.75, 3.05) is 12.8 Å². The summed E-state index contributed by atoms with van der Waals surface area (Å²) in [6, 6.07) is 4.99. The van der Waals surface area contributed by atoms with E-state index < -0.39 is 0 Å². The predicted molar refractivity (Wildman–Crippen MR) is 74.3 cm³/mol. The third-order valence-corrected chi connectivity index (χ3v) is 3.54. The van der Waals surface area contributed by atoms with Crippen molar-refractivity contribution in [3.05, 3.63) is 23.8 Å². The molecule has 1 fully saturated rings. The fourth-order valence-corrected chi connectivity index (χ4v) is 2.44. The Hall–Kier alpha value is -1.71. The van der Waals surface area contributed by atoms with E-state index in [-0.39, 0.29) is 12.1 Å². The molecule has 0 spiro atoms. The molecule has 0 unspecified atom stereocenters. The Balaban J connectivity index is 2.00. The van der Waals surface area contributed by atoms with Crippen LogP contribution in [0.1, 0.15) is 48.9 Å². The van der Waals surface area contributed by atoms with Crippen LogP contribution in [-0.2, 0) is 4.74 Å². The molecule has 1 saturated carbocycles. The number of esters is 1. The number of anilines is 1. The summed E-state index contributed by atoms with van der Waals surface area (Å²) in [6.45, 7) is 0. The van der Waals surface area contributed by atoms with Gasteiger partial charge in [0.1, 0.15) is 11.9 Å². The van der Waals surface area contributed by atoms with Gasteiger partial charge in [-0.3, -0.25) is 0 Å². The number of carbonyl (C=O) groups is 1. The lowest BCUT2D eigenvalue weighted by atomic mass is 10.1. The third-order valence-electron chi connectivity index (χ3n) is 3.54. The van der Waals surface area contributed by atoms with E-state index in [1.165, 1.54) is 12.8 Å². The zero-order valence-corrected chi connectivity index (χ0v) is 11.4. The van der Waals surface area contributed by atoms with Crippen LogP contribution in [0.25, 0.3) is 0 Å². The maximum atomic E-state index is 12.1. The van der Waals surface area contributed by atoms with Crippen LogP contribution < -0.4 is 10.5 Å². The smallest absolute Gasteiger partial charge is 0.338 e. The molecular formula is C15H21NO3. The molecule has 2 N–H and O–H groups in total. The molecule has 4 nitrogen and oxygen atoms in total. The minimum Gasteiger partial charge on any atom is -0.495 e. The second-order valence-electron chi connectivity index (χ2n) is 4.98. The van der Waals surface area contributed by atoms with Crippen molar-refractivity contribution in [2.45, 2.75) is 44.6 Å². The van der Waals surface area contributed by atoms with E-state index in [4.69, 9.17) is 15.2 Å². The van der Waals surface area contributed by atoms with Gasteiger partial charge in [0.15, 0.2) is 0 Å². The Labute approximate surface area is 113 Å². The van der Waals surface area contributed by atoms with Crippen LogP contribution in [0.4, 0.5) is 5.69 Å². The summed E-state index contributed by atoms with van der Waals surface area (Å²) < 4.78 is 10.6. The first kappa shape index (κ1) is 13.7. The summed E-state index contributed by atoms with van der Waals surface area (Å²) in [5.74, 6) is 0.285. The van der Waals surface area contributed by atoms with Crippen molar-refractivity contribution >= 4 is 11.7 Å². The number of hydrogen-bond acceptors (Lipinski definition) is 4. The van der Waals surface area contributed by atoms with Gasteiger partial charge in [0, 0.05) is 0 Å². The lowest BCUT2D eigenvalue weighted by Crippen LogP contribution is -2.17. The van der Waals surface area contributed by atoms with Gasteiger partial charge < -0.3 is 15.2 Å². The van der Waals surface area contributed by atoms with E-state index in [0.717, 1.165) is 25.7 Å². The average Bonchev–Trinajstić information content (AvgIpc) is 2.67. The fraction of sp³-hybridized carbons (Fsp3) is 0.533. The molecule has 0 radical (unpaired) electrons. The van der Waals surface area contributed by atoms with Crippen molar-refractivity contribution in [1.82, 2.24) is 0 Å². The van der Waals surface area contributed by atoms with Gasteiger partial charge >= 0.3 is 5.97 Å². The second-order valence-corrected chi connectivity index (χ2v) is 4.98. The van der Waals surface area contributed by atoms with Gasteiger partial charge in [-0.1, -0.05) is 12.8 Å². The highest BCUT2D eigenvalue weighted by Crippen LogP contribution is 2.24. The molecule has 0 saturated heterocycles. The second kappa shape index (κ2) is 6.45. The Morgan fingerprint density at radius 3 is 2.47 bits per heavy atom. The van der Waals surface area contributed by atoms with Gasteiger partial charge in [0.2, 0.25) is 0 Å². The Morgan fingerprint density at radius 2 is 1.89 bits per heavy atom. The molecule has 4 heteroatoms. The lowest BCUT2D eigenvalue weighted by molar-refractivity contribution is 0.0267. The number of rotatable bonds is 3. The van der Waals surface area contributed by atoms with Crippen LogP contribution in [0.2, 0.25) is 0 Å². The number of hydrogen-bond donors (Lipinski definition) is 1. The zero-order valence-electron chi connectivity index (χ0n) is 11.4. The van der Waals surface area contributed by atoms with Crippen molar-refractivity contribution < 1.29 is 14.3 Å². The maximum absolute atomic E-state index is 12.1. The fourth-order valence-electron chi connectivity index (χ4n) is 2.44. The van der Waals surface area contributed by atoms with Crippen molar-refractivity contribution in [3.8, 4) is 5.75 Å². The Kier molecular flexibility index (Phi) is 4.66. The maximum Gasteiger partial charge on any atom is 0.338 e. The molecule has 1 aromatic rings. The zero-order chi connectivity index (χ0) is 13.7. The highest BCUT2D eigenvalue weighted by Gasteiger charge is 2.18. The Bertz CT molecular complexity index is 437. The van der Waals surface area contributed by atoms with Crippen LogP contribution in [0.15, 0.2) is 18.2 Å². The number of carbonyl (C=O) groups excluding carboxylic acids is 1. The predicted octanol–water partition coefficient (Wildman–Crippen LogP) is 3.16. The molecule has 1 aliphatic rings. The van der Waals surface area contributed by atoms with Crippen LogP contribution in [0.5, 0.6) is 5.75 Å². The number of benzene rings is 1. The first-order valence-corrected chi connectivity index (χ1v) is 6.85. The van der Waals surface area contributed by atoms with Gasteiger partial charge in [0.05, 0.1) is 18.4 Å². The molecule has 0 atom stereocenters. The van der Waals surface area contributed by atoms with Crippen LogP contribution in [0.3, 0.4) is 0 Å². The highest BCUT2D eigenvalue weighted by atomic mass is 16.5. The van der Waals surface area contributed by atoms with Crippen LogP contribution in [-0.4, -0.2) is 19.2 Å². The van der Waals surface area contributed by atoms with Gasteiger partial charge in [-0.2, -0.15) is 0 Å². The van der Waals surface area contributed by atoms with Crippen molar-refractivity contribution in [2.24, 2.45) is 0 Å². The van der Waals surface area contributed by atoms with Gasteiger partial charge in [-0.05, 0) is 43.9 Å². The third kappa shape index (κ3) is 3.63. The molecular weight excluding hydrogens is 242 g/mol. The molecule has 1 aromatic carbocycles. The summed E-state index contributed by atoms with van der Waals surface area (Å²) in [5, 5.41) is 0. The minimum absolute atomic E-state index is 0.0540. The average molecular weight is 263 g/mol. The number of nitrogens with two attached hydrogens (primary N) is 1. The first-order chi connectivity index (χ1) is 9.20. The van der Waals surface area contributed by atoms with Gasteiger partial charge in [0.25, 0.3) is 0 Å². The summed E-state index contributed by atoms with van der Waals surface area (Å²) in [4.78, 5) is 12.1. The van der Waals surface area contributed by atoms with E-state index in [9.17, 15) is 4.79 Å². The topological polar surface area (TPSA) is 61.5 Å².